The SMILES string of the molecule is C[C@H]1Cc2ccccc2N1Cc1ccoc1C(=O)NCc1ccc(F)c(CO)c1. The monoisotopic (exact) mass is 394 g/mol. The first-order chi connectivity index (χ1) is 14.1. The lowest BCUT2D eigenvalue weighted by atomic mass is 10.1. The number of benzene rings is 2. The van der Waals surface area contributed by atoms with Gasteiger partial charge in [0.2, 0.25) is 0 Å². The zero-order valence-corrected chi connectivity index (χ0v) is 16.2. The fourth-order valence-corrected chi connectivity index (χ4v) is 3.84. The number of fused-ring (bicyclic) bond motifs is 1. The van der Waals surface area contributed by atoms with Crippen molar-refractivity contribution in [2.45, 2.75) is 39.1 Å². The van der Waals surface area contributed by atoms with Crippen LogP contribution in [0, 0.1) is 5.82 Å². The van der Waals surface area contributed by atoms with Gasteiger partial charge in [0.15, 0.2) is 5.76 Å². The number of nitrogens with one attached hydrogen (secondary N) is 1. The maximum absolute atomic E-state index is 13.5. The number of anilines is 1. The van der Waals surface area contributed by atoms with E-state index < -0.39 is 5.82 Å². The molecule has 1 atom stereocenters. The van der Waals surface area contributed by atoms with Gasteiger partial charge in [0.1, 0.15) is 5.82 Å². The third-order valence-electron chi connectivity index (χ3n) is 5.38. The summed E-state index contributed by atoms with van der Waals surface area (Å²) in [5.74, 6) is -0.498. The number of carbonyl (C=O) groups excluding carboxylic acids is 1. The van der Waals surface area contributed by atoms with Gasteiger partial charge in [0, 0.05) is 35.9 Å². The summed E-state index contributed by atoms with van der Waals surface area (Å²) in [7, 11) is 0. The highest BCUT2D eigenvalue weighted by Crippen LogP contribution is 2.33. The average Bonchev–Trinajstić information content (AvgIpc) is 3.32. The largest absolute Gasteiger partial charge is 0.459 e. The smallest absolute Gasteiger partial charge is 0.287 e. The van der Waals surface area contributed by atoms with Gasteiger partial charge in [-0.25, -0.2) is 4.39 Å². The standard InChI is InChI=1S/C23H23FN2O3/c1-15-10-17-4-2-3-5-21(17)26(15)13-18-8-9-29-22(18)23(28)25-12-16-6-7-20(24)19(11-16)14-27/h2-9,11,15,27H,10,12-14H2,1H3,(H,25,28)/t15-/m0/s1. The van der Waals surface area contributed by atoms with E-state index in [0.29, 0.717) is 18.2 Å². The van der Waals surface area contributed by atoms with Crippen molar-refractivity contribution in [2.75, 3.05) is 4.90 Å². The van der Waals surface area contributed by atoms with Crippen molar-refractivity contribution in [3.63, 3.8) is 0 Å². The molecule has 2 heterocycles. The molecule has 4 rings (SSSR count). The number of nitrogens with zero attached hydrogens (tertiary/aromatic N) is 1. The van der Waals surface area contributed by atoms with Crippen molar-refractivity contribution in [1.29, 1.82) is 0 Å². The van der Waals surface area contributed by atoms with Crippen LogP contribution in [-0.2, 0) is 26.1 Å². The number of aliphatic hydroxyl groups is 1. The van der Waals surface area contributed by atoms with E-state index in [-0.39, 0.29) is 30.4 Å². The number of halogens is 1. The van der Waals surface area contributed by atoms with Gasteiger partial charge >= 0.3 is 0 Å². The van der Waals surface area contributed by atoms with E-state index in [4.69, 9.17) is 4.42 Å². The second kappa shape index (κ2) is 8.09. The second-order valence-electron chi connectivity index (χ2n) is 7.35. The van der Waals surface area contributed by atoms with Crippen LogP contribution >= 0.6 is 0 Å². The van der Waals surface area contributed by atoms with Crippen LogP contribution in [0.2, 0.25) is 0 Å². The van der Waals surface area contributed by atoms with Gasteiger partial charge in [-0.05, 0) is 48.7 Å². The van der Waals surface area contributed by atoms with E-state index in [1.165, 1.54) is 23.6 Å². The van der Waals surface area contributed by atoms with Gasteiger partial charge in [-0.15, -0.1) is 0 Å². The Bertz CT molecular complexity index is 1030. The molecule has 1 amide bonds. The molecule has 6 heteroatoms. The summed E-state index contributed by atoms with van der Waals surface area (Å²) in [5, 5.41) is 12.0. The molecule has 0 bridgehead atoms. The third kappa shape index (κ3) is 3.89. The average molecular weight is 394 g/mol. The molecule has 2 aromatic carbocycles. The van der Waals surface area contributed by atoms with E-state index in [9.17, 15) is 14.3 Å². The number of amides is 1. The van der Waals surface area contributed by atoms with E-state index in [1.54, 1.807) is 12.1 Å². The van der Waals surface area contributed by atoms with Gasteiger partial charge in [0.25, 0.3) is 5.91 Å². The summed E-state index contributed by atoms with van der Waals surface area (Å²) in [6.45, 7) is 2.59. The fourth-order valence-electron chi connectivity index (χ4n) is 3.84. The lowest BCUT2D eigenvalue weighted by Crippen LogP contribution is -2.30. The molecule has 0 saturated heterocycles. The summed E-state index contributed by atoms with van der Waals surface area (Å²) >= 11 is 0. The molecular formula is C23H23FN2O3. The first-order valence-corrected chi connectivity index (χ1v) is 9.64. The minimum Gasteiger partial charge on any atom is -0.459 e. The van der Waals surface area contributed by atoms with E-state index in [0.717, 1.165) is 12.0 Å². The maximum atomic E-state index is 13.5. The molecule has 0 radical (unpaired) electrons. The molecule has 0 saturated carbocycles. The lowest BCUT2D eigenvalue weighted by molar-refractivity contribution is 0.0921. The van der Waals surface area contributed by atoms with Gasteiger partial charge in [-0.2, -0.15) is 0 Å². The second-order valence-corrected chi connectivity index (χ2v) is 7.35. The van der Waals surface area contributed by atoms with E-state index in [2.05, 4.69) is 29.3 Å². The molecule has 0 fully saturated rings. The Balaban J connectivity index is 1.46. The summed E-state index contributed by atoms with van der Waals surface area (Å²) < 4.78 is 19.0. The predicted octanol–water partition coefficient (Wildman–Crippen LogP) is 3.79. The van der Waals surface area contributed by atoms with Crippen LogP contribution in [0.3, 0.4) is 0 Å². The summed E-state index contributed by atoms with van der Waals surface area (Å²) in [6, 6.07) is 14.9. The lowest BCUT2D eigenvalue weighted by Gasteiger charge is -2.24. The summed E-state index contributed by atoms with van der Waals surface area (Å²) in [5.41, 5.74) is 4.23. The van der Waals surface area contributed by atoms with Gasteiger partial charge in [-0.1, -0.05) is 24.3 Å². The number of hydrogen-bond acceptors (Lipinski definition) is 4. The molecule has 1 aliphatic rings. The normalized spacial score (nSPS) is 15.4. The predicted molar refractivity (Wildman–Crippen MR) is 108 cm³/mol. The molecule has 0 aliphatic carbocycles. The van der Waals surface area contributed by atoms with Crippen LogP contribution < -0.4 is 10.2 Å². The Morgan fingerprint density at radius 3 is 2.90 bits per heavy atom. The van der Waals surface area contributed by atoms with E-state index >= 15 is 0 Å². The highest BCUT2D eigenvalue weighted by molar-refractivity contribution is 5.93. The van der Waals surface area contributed by atoms with Crippen LogP contribution in [0.4, 0.5) is 10.1 Å². The Morgan fingerprint density at radius 1 is 1.24 bits per heavy atom. The highest BCUT2D eigenvalue weighted by atomic mass is 19.1. The zero-order valence-electron chi connectivity index (χ0n) is 16.2. The van der Waals surface area contributed by atoms with Crippen LogP contribution in [0.5, 0.6) is 0 Å². The number of para-hydroxylation sites is 1. The molecule has 150 valence electrons. The van der Waals surface area contributed by atoms with Crippen LogP contribution in [-0.4, -0.2) is 17.1 Å². The van der Waals surface area contributed by atoms with E-state index in [1.807, 2.05) is 18.2 Å². The molecule has 0 spiro atoms. The van der Waals surface area contributed by atoms with Crippen LogP contribution in [0.1, 0.15) is 39.7 Å². The number of aliphatic hydroxyl groups excluding tert-OH is 1. The Kier molecular flexibility index (Phi) is 5.36. The van der Waals surface area contributed by atoms with Crippen molar-refractivity contribution in [1.82, 2.24) is 5.32 Å². The number of furan rings is 1. The van der Waals surface area contributed by atoms with Crippen LogP contribution in [0.15, 0.2) is 59.2 Å². The number of rotatable bonds is 6. The van der Waals surface area contributed by atoms with Crippen molar-refractivity contribution in [3.05, 3.63) is 88.6 Å². The molecule has 5 nitrogen and oxygen atoms in total. The van der Waals surface area contributed by atoms with Gasteiger partial charge < -0.3 is 19.7 Å². The fraction of sp³-hybridized carbons (Fsp3) is 0.261. The molecule has 1 aliphatic heterocycles. The molecular weight excluding hydrogens is 371 g/mol. The molecule has 3 aromatic rings. The zero-order chi connectivity index (χ0) is 20.4. The number of carbonyl (C=O) groups is 1. The third-order valence-corrected chi connectivity index (χ3v) is 5.38. The molecule has 2 N–H and O–H groups in total. The molecule has 1 aromatic heterocycles. The Morgan fingerprint density at radius 2 is 2.07 bits per heavy atom. The Hall–Kier alpha value is -3.12. The van der Waals surface area contributed by atoms with Gasteiger partial charge in [-0.3, -0.25) is 4.79 Å². The van der Waals surface area contributed by atoms with Crippen molar-refractivity contribution in [3.8, 4) is 0 Å². The Labute approximate surface area is 168 Å². The highest BCUT2D eigenvalue weighted by Gasteiger charge is 2.27. The maximum Gasteiger partial charge on any atom is 0.287 e. The number of hydrogen-bond donors (Lipinski definition) is 2. The topological polar surface area (TPSA) is 65.7 Å². The summed E-state index contributed by atoms with van der Waals surface area (Å²) in [4.78, 5) is 15.0. The first kappa shape index (κ1) is 19.2. The minimum atomic E-state index is -0.462. The molecule has 0 unspecified atom stereocenters. The molecule has 29 heavy (non-hydrogen) atoms. The minimum absolute atomic E-state index is 0.206. The van der Waals surface area contributed by atoms with Crippen molar-refractivity contribution < 1.29 is 18.7 Å². The summed E-state index contributed by atoms with van der Waals surface area (Å²) in [6.07, 6.45) is 2.51. The van der Waals surface area contributed by atoms with Crippen molar-refractivity contribution in [2.24, 2.45) is 0 Å². The van der Waals surface area contributed by atoms with Gasteiger partial charge in [0.05, 0.1) is 12.9 Å². The quantitative estimate of drug-likeness (QED) is 0.668. The van der Waals surface area contributed by atoms with Crippen LogP contribution in [0.25, 0.3) is 0 Å². The first-order valence-electron chi connectivity index (χ1n) is 9.64. The van der Waals surface area contributed by atoms with Crippen molar-refractivity contribution >= 4 is 11.6 Å².